The number of piperazine rings is 1. The number of hydrogen-bond acceptors (Lipinski definition) is 7. The van der Waals surface area contributed by atoms with E-state index in [0.717, 1.165) is 9.99 Å². The van der Waals surface area contributed by atoms with Crippen LogP contribution < -0.4 is 15.0 Å². The fourth-order valence-electron chi connectivity index (χ4n) is 4.64. The molecule has 14 heteroatoms. The minimum Gasteiger partial charge on any atom is -0.406 e. The van der Waals surface area contributed by atoms with Gasteiger partial charge in [0, 0.05) is 47.5 Å². The quantitative estimate of drug-likeness (QED) is 0.146. The molecule has 1 aliphatic rings. The van der Waals surface area contributed by atoms with Crippen LogP contribution in [0.25, 0.3) is 11.0 Å². The molecule has 2 heterocycles. The first-order chi connectivity index (χ1) is 20.9. The van der Waals surface area contributed by atoms with Gasteiger partial charge >= 0.3 is 6.36 Å². The molecule has 1 amide bonds. The molecule has 0 bridgehead atoms. The lowest BCUT2D eigenvalue weighted by atomic mass is 10.0. The molecule has 0 spiro atoms. The molecule has 0 aliphatic carbocycles. The zero-order chi connectivity index (χ0) is 31.5. The number of halogens is 6. The van der Waals surface area contributed by atoms with Crippen molar-refractivity contribution in [3.05, 3.63) is 88.5 Å². The van der Waals surface area contributed by atoms with Crippen molar-refractivity contribution < 1.29 is 31.5 Å². The molecule has 7 nitrogen and oxygen atoms in total. The van der Waals surface area contributed by atoms with Gasteiger partial charge in [0.25, 0.3) is 5.92 Å². The fourth-order valence-corrected chi connectivity index (χ4v) is 5.98. The summed E-state index contributed by atoms with van der Waals surface area (Å²) in [7, 11) is 0. The summed E-state index contributed by atoms with van der Waals surface area (Å²) in [4.78, 5) is 25.4. The lowest BCUT2D eigenvalue weighted by molar-refractivity contribution is -0.274. The maximum absolute atomic E-state index is 14.0. The number of fused-ring (bicyclic) bond motifs is 1. The number of aromatic nitrogens is 2. The highest BCUT2D eigenvalue weighted by Crippen LogP contribution is 2.33. The third kappa shape index (κ3) is 7.96. The van der Waals surface area contributed by atoms with Gasteiger partial charge in [-0.15, -0.1) is 13.2 Å². The van der Waals surface area contributed by atoms with E-state index in [-0.39, 0.29) is 36.7 Å². The second-order valence-electron chi connectivity index (χ2n) is 10.0. The van der Waals surface area contributed by atoms with Crippen molar-refractivity contribution in [2.24, 2.45) is 0 Å². The van der Waals surface area contributed by atoms with Gasteiger partial charge in [-0.1, -0.05) is 47.1 Å². The van der Waals surface area contributed by atoms with Gasteiger partial charge in [-0.05, 0) is 60.0 Å². The molecule has 0 radical (unpaired) electrons. The molecule has 4 aromatic rings. The van der Waals surface area contributed by atoms with Gasteiger partial charge in [0.1, 0.15) is 17.6 Å². The smallest absolute Gasteiger partial charge is 0.406 e. The second-order valence-corrected chi connectivity index (χ2v) is 12.1. The van der Waals surface area contributed by atoms with Gasteiger partial charge in [-0.25, -0.2) is 18.1 Å². The zero-order valence-electron chi connectivity index (χ0n) is 23.3. The van der Waals surface area contributed by atoms with Gasteiger partial charge in [-0.2, -0.15) is 0 Å². The average Bonchev–Trinajstić information content (AvgIpc) is 3.00. The van der Waals surface area contributed by atoms with Crippen molar-refractivity contribution in [3.8, 4) is 5.75 Å². The van der Waals surface area contributed by atoms with Crippen molar-refractivity contribution in [3.63, 3.8) is 0 Å². The lowest BCUT2D eigenvalue weighted by Crippen LogP contribution is -2.56. The van der Waals surface area contributed by atoms with E-state index in [0.29, 0.717) is 34.9 Å². The van der Waals surface area contributed by atoms with E-state index in [1.807, 2.05) is 27.4 Å². The highest BCUT2D eigenvalue weighted by molar-refractivity contribution is 9.10. The monoisotopic (exact) mass is 695 g/mol. The Balaban J connectivity index is 1.33. The van der Waals surface area contributed by atoms with Crippen LogP contribution in [0.2, 0.25) is 0 Å². The Labute approximate surface area is 263 Å². The van der Waals surface area contributed by atoms with Crippen LogP contribution >= 0.6 is 27.9 Å². The third-order valence-electron chi connectivity index (χ3n) is 7.02. The highest BCUT2D eigenvalue weighted by atomic mass is 79.9. The van der Waals surface area contributed by atoms with E-state index in [1.54, 1.807) is 18.3 Å². The molecule has 44 heavy (non-hydrogen) atoms. The van der Waals surface area contributed by atoms with Crippen LogP contribution in [0.5, 0.6) is 5.75 Å². The second kappa shape index (κ2) is 13.2. The van der Waals surface area contributed by atoms with Crippen molar-refractivity contribution in [2.75, 3.05) is 24.5 Å². The molecule has 1 aromatic heterocycles. The van der Waals surface area contributed by atoms with Gasteiger partial charge < -0.3 is 15.0 Å². The summed E-state index contributed by atoms with van der Waals surface area (Å²) in [5.41, 5.74) is 1.98. The van der Waals surface area contributed by atoms with Crippen molar-refractivity contribution in [2.45, 2.75) is 43.1 Å². The summed E-state index contributed by atoms with van der Waals surface area (Å²) < 4.78 is 72.5. The van der Waals surface area contributed by atoms with Crippen LogP contribution in [0.4, 0.5) is 27.8 Å². The third-order valence-corrected chi connectivity index (χ3v) is 8.66. The molecule has 0 unspecified atom stereocenters. The maximum atomic E-state index is 14.0. The first-order valence-corrected chi connectivity index (χ1v) is 15.2. The molecule has 1 N–H and O–H groups in total. The normalized spacial score (nSPS) is 16.2. The Morgan fingerprint density at radius 3 is 2.43 bits per heavy atom. The summed E-state index contributed by atoms with van der Waals surface area (Å²) in [5.74, 6) is -2.98. The molecule has 0 saturated carbocycles. The van der Waals surface area contributed by atoms with Crippen LogP contribution in [0, 0.1) is 0 Å². The van der Waals surface area contributed by atoms with Crippen LogP contribution in [0.3, 0.4) is 0 Å². The summed E-state index contributed by atoms with van der Waals surface area (Å²) >= 11 is 4.69. The number of nitrogens with one attached hydrogen (secondary N) is 1. The largest absolute Gasteiger partial charge is 0.573 e. The van der Waals surface area contributed by atoms with Crippen molar-refractivity contribution >= 4 is 50.6 Å². The number of carbonyl (C=O) groups excluding carboxylic acids is 1. The molecule has 5 rings (SSSR count). The van der Waals surface area contributed by atoms with Crippen LogP contribution in [0.1, 0.15) is 24.5 Å². The van der Waals surface area contributed by atoms with E-state index in [2.05, 4.69) is 31.0 Å². The number of amides is 1. The summed E-state index contributed by atoms with van der Waals surface area (Å²) in [6.45, 7) is 2.72. The first kappa shape index (κ1) is 31.9. The van der Waals surface area contributed by atoms with E-state index < -0.39 is 18.3 Å². The van der Waals surface area contributed by atoms with Crippen LogP contribution in [-0.2, 0) is 17.3 Å². The number of ether oxygens (including phenoxy) is 1. The van der Waals surface area contributed by atoms with Crippen LogP contribution in [-0.4, -0.2) is 52.2 Å². The predicted octanol–water partition coefficient (Wildman–Crippen LogP) is 7.31. The Morgan fingerprint density at radius 1 is 1.02 bits per heavy atom. The Morgan fingerprint density at radius 2 is 1.75 bits per heavy atom. The number of carbonyl (C=O) groups is 1. The van der Waals surface area contributed by atoms with Crippen molar-refractivity contribution in [1.29, 1.82) is 0 Å². The van der Waals surface area contributed by atoms with Crippen LogP contribution in [0.15, 0.2) is 82.3 Å². The van der Waals surface area contributed by atoms with Crippen molar-refractivity contribution in [1.82, 2.24) is 19.6 Å². The molecule has 232 valence electrons. The van der Waals surface area contributed by atoms with E-state index in [1.165, 1.54) is 55.3 Å². The minimum atomic E-state index is -4.80. The standard InChI is InChI=1S/C30H27BrF5N5O2S/c1-2-29(32,33)20-5-3-19(4-6-20)16-38-28(42)26-18-40(27-17-37-24-12-7-21(31)15-25(24)39-27)13-14-41(26)44-23-10-8-22(9-11-23)43-30(34,35)36/h3-12,15,17,26H,2,13-14,16,18H2,1H3,(H,38,42)/t26-/m1/s1. The summed E-state index contributed by atoms with van der Waals surface area (Å²) in [5, 5.41) is 2.91. The molecular formula is C30H27BrF5N5O2S. The number of benzene rings is 3. The average molecular weight is 697 g/mol. The van der Waals surface area contributed by atoms with E-state index in [9.17, 15) is 26.7 Å². The number of hydrogen-bond donors (Lipinski definition) is 1. The van der Waals surface area contributed by atoms with Gasteiger partial charge in [0.2, 0.25) is 5.91 Å². The lowest BCUT2D eigenvalue weighted by Gasteiger charge is -2.40. The topological polar surface area (TPSA) is 70.6 Å². The Hall–Kier alpha value is -3.49. The molecular weight excluding hydrogens is 669 g/mol. The van der Waals surface area contributed by atoms with Gasteiger partial charge in [-0.3, -0.25) is 9.78 Å². The molecule has 1 saturated heterocycles. The SMILES string of the molecule is CCC(F)(F)c1ccc(CNC(=O)[C@H]2CN(c3cnc4ccc(Br)cc4n3)CCN2Sc2ccc(OC(F)(F)F)cc2)cc1. The molecule has 3 aromatic carbocycles. The van der Waals surface area contributed by atoms with E-state index in [4.69, 9.17) is 4.98 Å². The Kier molecular flexibility index (Phi) is 9.61. The number of anilines is 1. The maximum Gasteiger partial charge on any atom is 0.573 e. The number of alkyl halides is 5. The summed E-state index contributed by atoms with van der Waals surface area (Å²) in [6, 6.07) is 16.2. The number of rotatable bonds is 9. The van der Waals surface area contributed by atoms with Gasteiger partial charge in [0.05, 0.1) is 17.2 Å². The minimum absolute atomic E-state index is 0.0873. The molecule has 1 atom stereocenters. The fraction of sp³-hybridized carbons (Fsp3) is 0.300. The zero-order valence-corrected chi connectivity index (χ0v) is 25.7. The predicted molar refractivity (Wildman–Crippen MR) is 161 cm³/mol. The van der Waals surface area contributed by atoms with Gasteiger partial charge in [0.15, 0.2) is 0 Å². The Bertz CT molecular complexity index is 1610. The highest BCUT2D eigenvalue weighted by Gasteiger charge is 2.35. The first-order valence-electron chi connectivity index (χ1n) is 13.6. The molecule has 1 fully saturated rings. The number of nitrogens with zero attached hydrogens (tertiary/aromatic N) is 4. The van der Waals surface area contributed by atoms with E-state index >= 15 is 0 Å². The molecule has 1 aliphatic heterocycles. The summed E-state index contributed by atoms with van der Waals surface area (Å²) in [6.07, 6.45) is -3.46.